The maximum Gasteiger partial charge on any atom is 0.134 e. The van der Waals surface area contributed by atoms with E-state index < -0.39 is 0 Å². The van der Waals surface area contributed by atoms with Gasteiger partial charge in [-0.3, -0.25) is 0 Å². The second-order valence-corrected chi connectivity index (χ2v) is 3.97. The van der Waals surface area contributed by atoms with Gasteiger partial charge in [-0.2, -0.15) is 0 Å². The summed E-state index contributed by atoms with van der Waals surface area (Å²) in [7, 11) is 0. The van der Waals surface area contributed by atoms with E-state index in [-0.39, 0.29) is 0 Å². The average Bonchev–Trinajstić information content (AvgIpc) is 2.38. The summed E-state index contributed by atoms with van der Waals surface area (Å²) in [6, 6.07) is 0. The molecular formula is C13H24N4O. The third-order valence-electron chi connectivity index (χ3n) is 2.60. The molecule has 0 saturated carbocycles. The molecule has 0 radical (unpaired) electrons. The molecule has 1 heterocycles. The lowest BCUT2D eigenvalue weighted by molar-refractivity contribution is 0.158. The van der Waals surface area contributed by atoms with Gasteiger partial charge in [0, 0.05) is 31.7 Å². The first-order valence-electron chi connectivity index (χ1n) is 6.65. The van der Waals surface area contributed by atoms with Crippen molar-refractivity contribution in [3.63, 3.8) is 0 Å². The Morgan fingerprint density at radius 1 is 1.06 bits per heavy atom. The number of hydrogen-bond acceptors (Lipinski definition) is 5. The van der Waals surface area contributed by atoms with E-state index in [0.29, 0.717) is 6.61 Å². The van der Waals surface area contributed by atoms with E-state index in [0.717, 1.165) is 49.1 Å². The van der Waals surface area contributed by atoms with Crippen molar-refractivity contribution in [2.75, 3.05) is 36.9 Å². The van der Waals surface area contributed by atoms with Gasteiger partial charge in [0.05, 0.1) is 6.61 Å². The second kappa shape index (κ2) is 7.87. The molecule has 0 aliphatic heterocycles. The summed E-state index contributed by atoms with van der Waals surface area (Å²) in [6.07, 6.45) is 0.832. The molecule has 102 valence electrons. The van der Waals surface area contributed by atoms with E-state index >= 15 is 0 Å². The Bertz CT molecular complexity index is 368. The third kappa shape index (κ3) is 4.14. The number of hydrogen-bond donors (Lipinski definition) is 2. The smallest absolute Gasteiger partial charge is 0.134 e. The Morgan fingerprint density at radius 3 is 2.28 bits per heavy atom. The Morgan fingerprint density at radius 2 is 1.72 bits per heavy atom. The molecule has 0 fully saturated rings. The topological polar surface area (TPSA) is 59.1 Å². The quantitative estimate of drug-likeness (QED) is 0.695. The number of anilines is 2. The molecule has 0 aliphatic rings. The normalized spacial score (nSPS) is 10.4. The number of aromatic nitrogens is 2. The van der Waals surface area contributed by atoms with Crippen molar-refractivity contribution >= 4 is 11.6 Å². The zero-order chi connectivity index (χ0) is 13.4. The van der Waals surface area contributed by atoms with Crippen LogP contribution in [0.3, 0.4) is 0 Å². The first-order chi connectivity index (χ1) is 8.72. The average molecular weight is 252 g/mol. The van der Waals surface area contributed by atoms with Crippen LogP contribution in [0.4, 0.5) is 11.6 Å². The van der Waals surface area contributed by atoms with Crippen molar-refractivity contribution in [1.82, 2.24) is 9.97 Å². The van der Waals surface area contributed by atoms with Gasteiger partial charge in [0.1, 0.15) is 17.5 Å². The fraction of sp³-hybridized carbons (Fsp3) is 0.692. The van der Waals surface area contributed by atoms with E-state index in [1.807, 2.05) is 13.8 Å². The molecule has 0 aliphatic carbocycles. The zero-order valence-electron chi connectivity index (χ0n) is 11.8. The highest BCUT2D eigenvalue weighted by Crippen LogP contribution is 2.19. The molecule has 18 heavy (non-hydrogen) atoms. The van der Waals surface area contributed by atoms with Crippen molar-refractivity contribution in [2.24, 2.45) is 0 Å². The molecule has 0 bridgehead atoms. The predicted octanol–water partition coefficient (Wildman–Crippen LogP) is 2.23. The van der Waals surface area contributed by atoms with Gasteiger partial charge >= 0.3 is 0 Å². The summed E-state index contributed by atoms with van der Waals surface area (Å²) in [5, 5.41) is 6.58. The van der Waals surface area contributed by atoms with Gasteiger partial charge in [0.15, 0.2) is 0 Å². The molecule has 1 aromatic rings. The fourth-order valence-electron chi connectivity index (χ4n) is 1.62. The van der Waals surface area contributed by atoms with E-state index in [1.165, 1.54) is 0 Å². The molecule has 0 amide bonds. The summed E-state index contributed by atoms with van der Waals surface area (Å²) in [5.41, 5.74) is 1.06. The SMILES string of the molecule is CCNc1nc(CC)nc(NCCOCC)c1C. The number of ether oxygens (including phenoxy) is 1. The minimum absolute atomic E-state index is 0.692. The lowest BCUT2D eigenvalue weighted by Crippen LogP contribution is -2.14. The number of rotatable bonds is 8. The molecule has 0 saturated heterocycles. The van der Waals surface area contributed by atoms with Crippen LogP contribution in [0.5, 0.6) is 0 Å². The highest BCUT2D eigenvalue weighted by Gasteiger charge is 2.09. The van der Waals surface area contributed by atoms with E-state index in [2.05, 4.69) is 34.4 Å². The van der Waals surface area contributed by atoms with Crippen LogP contribution in [0.15, 0.2) is 0 Å². The largest absolute Gasteiger partial charge is 0.380 e. The minimum atomic E-state index is 0.692. The van der Waals surface area contributed by atoms with E-state index in [9.17, 15) is 0 Å². The van der Waals surface area contributed by atoms with Gasteiger partial charge < -0.3 is 15.4 Å². The van der Waals surface area contributed by atoms with Gasteiger partial charge in [0.2, 0.25) is 0 Å². The molecule has 1 rings (SSSR count). The first kappa shape index (κ1) is 14.7. The molecule has 1 aromatic heterocycles. The molecule has 0 aromatic carbocycles. The van der Waals surface area contributed by atoms with Crippen molar-refractivity contribution in [1.29, 1.82) is 0 Å². The van der Waals surface area contributed by atoms with Gasteiger partial charge in [-0.15, -0.1) is 0 Å². The molecular weight excluding hydrogens is 228 g/mol. The maximum absolute atomic E-state index is 5.31. The summed E-state index contributed by atoms with van der Waals surface area (Å²) in [4.78, 5) is 9.01. The van der Waals surface area contributed by atoms with Crippen LogP contribution < -0.4 is 10.6 Å². The van der Waals surface area contributed by atoms with Gasteiger partial charge in [-0.25, -0.2) is 9.97 Å². The van der Waals surface area contributed by atoms with E-state index in [4.69, 9.17) is 4.74 Å². The summed E-state index contributed by atoms with van der Waals surface area (Å²) < 4.78 is 5.31. The monoisotopic (exact) mass is 252 g/mol. The lowest BCUT2D eigenvalue weighted by Gasteiger charge is -2.14. The highest BCUT2D eigenvalue weighted by molar-refractivity contribution is 5.57. The van der Waals surface area contributed by atoms with Gasteiger partial charge in [0.25, 0.3) is 0 Å². The standard InChI is InChI=1S/C13H24N4O/c1-5-11-16-12(14-6-2)10(4)13(17-11)15-8-9-18-7-3/h5-9H2,1-4H3,(H2,14,15,16,17). The van der Waals surface area contributed by atoms with Crippen LogP contribution in [-0.4, -0.2) is 36.3 Å². The van der Waals surface area contributed by atoms with Crippen LogP contribution in [0.25, 0.3) is 0 Å². The molecule has 0 unspecified atom stereocenters. The van der Waals surface area contributed by atoms with Crippen molar-refractivity contribution in [3.8, 4) is 0 Å². The second-order valence-electron chi connectivity index (χ2n) is 3.97. The lowest BCUT2D eigenvalue weighted by atomic mass is 10.3. The Hall–Kier alpha value is -1.36. The minimum Gasteiger partial charge on any atom is -0.380 e. The number of nitrogens with zero attached hydrogens (tertiary/aromatic N) is 2. The van der Waals surface area contributed by atoms with Gasteiger partial charge in [-0.1, -0.05) is 6.92 Å². The van der Waals surface area contributed by atoms with Crippen LogP contribution >= 0.6 is 0 Å². The highest BCUT2D eigenvalue weighted by atomic mass is 16.5. The molecule has 5 nitrogen and oxygen atoms in total. The molecule has 5 heteroatoms. The number of nitrogens with one attached hydrogen (secondary N) is 2. The maximum atomic E-state index is 5.31. The molecule has 0 atom stereocenters. The van der Waals surface area contributed by atoms with Gasteiger partial charge in [-0.05, 0) is 20.8 Å². The zero-order valence-corrected chi connectivity index (χ0v) is 11.8. The van der Waals surface area contributed by atoms with Crippen molar-refractivity contribution in [2.45, 2.75) is 34.1 Å². The summed E-state index contributed by atoms with van der Waals surface area (Å²) >= 11 is 0. The fourth-order valence-corrected chi connectivity index (χ4v) is 1.62. The predicted molar refractivity (Wildman–Crippen MR) is 75.3 cm³/mol. The van der Waals surface area contributed by atoms with Crippen molar-refractivity contribution in [3.05, 3.63) is 11.4 Å². The first-order valence-corrected chi connectivity index (χ1v) is 6.65. The van der Waals surface area contributed by atoms with E-state index in [1.54, 1.807) is 0 Å². The van der Waals surface area contributed by atoms with Crippen LogP contribution in [-0.2, 0) is 11.2 Å². The molecule has 0 spiro atoms. The Labute approximate surface area is 109 Å². The Kier molecular flexibility index (Phi) is 6.43. The number of aryl methyl sites for hydroxylation is 1. The summed E-state index contributed by atoms with van der Waals surface area (Å²) in [5.74, 6) is 2.68. The summed E-state index contributed by atoms with van der Waals surface area (Å²) in [6.45, 7) is 11.2. The Balaban J connectivity index is 2.77. The third-order valence-corrected chi connectivity index (χ3v) is 2.60. The van der Waals surface area contributed by atoms with Crippen LogP contribution in [0.2, 0.25) is 0 Å². The van der Waals surface area contributed by atoms with Crippen LogP contribution in [0.1, 0.15) is 32.2 Å². The van der Waals surface area contributed by atoms with Crippen LogP contribution in [0, 0.1) is 6.92 Å². The van der Waals surface area contributed by atoms with Crippen molar-refractivity contribution < 1.29 is 4.74 Å². The molecule has 2 N–H and O–H groups in total.